The van der Waals surface area contributed by atoms with Crippen molar-refractivity contribution in [2.24, 2.45) is 5.92 Å². The van der Waals surface area contributed by atoms with Gasteiger partial charge in [0.1, 0.15) is 5.82 Å². The Hall–Kier alpha value is -0.870. The van der Waals surface area contributed by atoms with Gasteiger partial charge < -0.3 is 10.6 Å². The van der Waals surface area contributed by atoms with Gasteiger partial charge in [-0.25, -0.2) is 0 Å². The van der Waals surface area contributed by atoms with Gasteiger partial charge in [-0.05, 0) is 50.9 Å². The van der Waals surface area contributed by atoms with Crippen LogP contribution >= 0.6 is 12.4 Å². The van der Waals surface area contributed by atoms with E-state index in [1.807, 2.05) is 19.1 Å². The fourth-order valence-corrected chi connectivity index (χ4v) is 1.84. The van der Waals surface area contributed by atoms with Crippen molar-refractivity contribution in [1.29, 1.82) is 0 Å². The molecule has 1 aromatic rings. The number of aryl methyl sites for hydroxylation is 1. The molecule has 1 aromatic heterocycles. The van der Waals surface area contributed by atoms with Crippen molar-refractivity contribution < 1.29 is 0 Å². The summed E-state index contributed by atoms with van der Waals surface area (Å²) in [7, 11) is 0. The van der Waals surface area contributed by atoms with Gasteiger partial charge >= 0.3 is 0 Å². The van der Waals surface area contributed by atoms with Crippen molar-refractivity contribution in [3.63, 3.8) is 0 Å². The number of nitrogens with zero attached hydrogens (tertiary/aromatic N) is 2. The number of aromatic nitrogens is 2. The number of piperidine rings is 1. The predicted molar refractivity (Wildman–Crippen MR) is 68.1 cm³/mol. The van der Waals surface area contributed by atoms with Gasteiger partial charge in [-0.15, -0.1) is 17.5 Å². The van der Waals surface area contributed by atoms with Gasteiger partial charge in [-0.2, -0.15) is 5.10 Å². The fraction of sp³-hybridized carbons (Fsp3) is 0.636. The predicted octanol–water partition coefficient (Wildman–Crippen LogP) is 1.62. The number of hydrogen-bond donors (Lipinski definition) is 2. The Balaban J connectivity index is 0.00000128. The Morgan fingerprint density at radius 2 is 2.31 bits per heavy atom. The molecule has 0 aromatic carbocycles. The highest BCUT2D eigenvalue weighted by atomic mass is 35.5. The average Bonchev–Trinajstić information content (AvgIpc) is 2.30. The highest BCUT2D eigenvalue weighted by Gasteiger charge is 2.12. The van der Waals surface area contributed by atoms with Crippen LogP contribution in [0.3, 0.4) is 0 Å². The highest BCUT2D eigenvalue weighted by molar-refractivity contribution is 5.85. The van der Waals surface area contributed by atoms with E-state index in [2.05, 4.69) is 20.8 Å². The van der Waals surface area contributed by atoms with E-state index in [0.717, 1.165) is 30.5 Å². The van der Waals surface area contributed by atoms with Gasteiger partial charge in [0, 0.05) is 6.54 Å². The lowest BCUT2D eigenvalue weighted by Gasteiger charge is -2.22. The quantitative estimate of drug-likeness (QED) is 0.846. The molecule has 0 amide bonds. The summed E-state index contributed by atoms with van der Waals surface area (Å²) in [5, 5.41) is 14.8. The second kappa shape index (κ2) is 6.66. The number of halogens is 1. The molecule has 1 aliphatic heterocycles. The van der Waals surface area contributed by atoms with Crippen molar-refractivity contribution in [2.45, 2.75) is 19.8 Å². The number of rotatable bonds is 3. The minimum absolute atomic E-state index is 0. The number of nitrogens with one attached hydrogen (secondary N) is 2. The molecular weight excluding hydrogens is 224 g/mol. The normalized spacial score (nSPS) is 19.9. The Morgan fingerprint density at radius 1 is 1.44 bits per heavy atom. The zero-order valence-corrected chi connectivity index (χ0v) is 10.4. The van der Waals surface area contributed by atoms with E-state index in [4.69, 9.17) is 0 Å². The van der Waals surface area contributed by atoms with Gasteiger partial charge in [0.15, 0.2) is 0 Å². The topological polar surface area (TPSA) is 49.8 Å². The second-order valence-corrected chi connectivity index (χ2v) is 4.15. The Kier molecular flexibility index (Phi) is 5.49. The van der Waals surface area contributed by atoms with Crippen LogP contribution in [0, 0.1) is 12.8 Å². The molecule has 1 unspecified atom stereocenters. The molecule has 0 spiro atoms. The van der Waals surface area contributed by atoms with E-state index >= 15 is 0 Å². The van der Waals surface area contributed by atoms with Crippen LogP contribution < -0.4 is 10.6 Å². The zero-order chi connectivity index (χ0) is 10.5. The maximum absolute atomic E-state index is 4.08. The van der Waals surface area contributed by atoms with Crippen molar-refractivity contribution in [3.8, 4) is 0 Å². The maximum Gasteiger partial charge on any atom is 0.148 e. The molecule has 0 radical (unpaired) electrons. The Morgan fingerprint density at radius 3 is 2.94 bits per heavy atom. The van der Waals surface area contributed by atoms with Gasteiger partial charge in [0.05, 0.1) is 5.69 Å². The smallest absolute Gasteiger partial charge is 0.148 e. The first-order valence-corrected chi connectivity index (χ1v) is 5.59. The van der Waals surface area contributed by atoms with Crippen LogP contribution in [-0.4, -0.2) is 29.8 Å². The molecule has 2 N–H and O–H groups in total. The first-order valence-electron chi connectivity index (χ1n) is 5.59. The molecule has 1 fully saturated rings. The van der Waals surface area contributed by atoms with Crippen LogP contribution in [0.1, 0.15) is 18.5 Å². The fourth-order valence-electron chi connectivity index (χ4n) is 1.84. The number of hydrogen-bond acceptors (Lipinski definition) is 4. The van der Waals surface area contributed by atoms with Gasteiger partial charge in [0.2, 0.25) is 0 Å². The summed E-state index contributed by atoms with van der Waals surface area (Å²) < 4.78 is 0. The van der Waals surface area contributed by atoms with Crippen LogP contribution in [0.2, 0.25) is 0 Å². The third-order valence-corrected chi connectivity index (χ3v) is 2.77. The monoisotopic (exact) mass is 242 g/mol. The molecule has 0 aliphatic carbocycles. The van der Waals surface area contributed by atoms with Crippen molar-refractivity contribution in [3.05, 3.63) is 17.8 Å². The Labute approximate surface area is 103 Å². The molecule has 1 saturated heterocycles. The van der Waals surface area contributed by atoms with Crippen molar-refractivity contribution in [2.75, 3.05) is 25.0 Å². The first kappa shape index (κ1) is 13.2. The van der Waals surface area contributed by atoms with Crippen molar-refractivity contribution in [1.82, 2.24) is 15.5 Å². The summed E-state index contributed by atoms with van der Waals surface area (Å²) >= 11 is 0. The van der Waals surface area contributed by atoms with Crippen LogP contribution in [0.4, 0.5) is 5.82 Å². The molecule has 90 valence electrons. The molecular formula is C11H19ClN4. The van der Waals surface area contributed by atoms with E-state index in [-0.39, 0.29) is 12.4 Å². The summed E-state index contributed by atoms with van der Waals surface area (Å²) in [4.78, 5) is 0. The lowest BCUT2D eigenvalue weighted by atomic mass is 10.00. The summed E-state index contributed by atoms with van der Waals surface area (Å²) in [6.45, 7) is 5.22. The summed E-state index contributed by atoms with van der Waals surface area (Å²) in [5.41, 5.74) is 0.958. The summed E-state index contributed by atoms with van der Waals surface area (Å²) in [6, 6.07) is 3.97. The van der Waals surface area contributed by atoms with Crippen LogP contribution in [0.25, 0.3) is 0 Å². The minimum atomic E-state index is 0. The summed E-state index contributed by atoms with van der Waals surface area (Å²) in [6.07, 6.45) is 2.59. The molecule has 16 heavy (non-hydrogen) atoms. The van der Waals surface area contributed by atoms with E-state index in [9.17, 15) is 0 Å². The highest BCUT2D eigenvalue weighted by Crippen LogP contribution is 2.10. The van der Waals surface area contributed by atoms with Crippen LogP contribution in [-0.2, 0) is 0 Å². The molecule has 1 aliphatic rings. The second-order valence-electron chi connectivity index (χ2n) is 4.15. The van der Waals surface area contributed by atoms with E-state index in [0.29, 0.717) is 0 Å². The SMILES string of the molecule is Cc1ccc(NCC2CCCNC2)nn1.Cl. The van der Waals surface area contributed by atoms with Crippen LogP contribution in [0.15, 0.2) is 12.1 Å². The third kappa shape index (κ3) is 3.94. The molecule has 1 atom stereocenters. The maximum atomic E-state index is 4.08. The average molecular weight is 243 g/mol. The van der Waals surface area contributed by atoms with Crippen molar-refractivity contribution >= 4 is 18.2 Å². The molecule has 0 saturated carbocycles. The molecule has 4 nitrogen and oxygen atoms in total. The lowest BCUT2D eigenvalue weighted by molar-refractivity contribution is 0.392. The molecule has 0 bridgehead atoms. The Bertz CT molecular complexity index is 295. The van der Waals surface area contributed by atoms with E-state index < -0.39 is 0 Å². The largest absolute Gasteiger partial charge is 0.368 e. The third-order valence-electron chi connectivity index (χ3n) is 2.77. The zero-order valence-electron chi connectivity index (χ0n) is 9.57. The van der Waals surface area contributed by atoms with E-state index in [1.165, 1.54) is 19.4 Å². The van der Waals surface area contributed by atoms with E-state index in [1.54, 1.807) is 0 Å². The first-order chi connectivity index (χ1) is 7.34. The standard InChI is InChI=1S/C11H18N4.ClH/c1-9-4-5-11(15-14-9)13-8-10-3-2-6-12-7-10;/h4-5,10,12H,2-3,6-8H2,1H3,(H,13,15);1H. The molecule has 2 heterocycles. The van der Waals surface area contributed by atoms with Gasteiger partial charge in [0.25, 0.3) is 0 Å². The molecule has 5 heteroatoms. The van der Waals surface area contributed by atoms with Crippen LogP contribution in [0.5, 0.6) is 0 Å². The lowest BCUT2D eigenvalue weighted by Crippen LogP contribution is -2.33. The van der Waals surface area contributed by atoms with Gasteiger partial charge in [-0.3, -0.25) is 0 Å². The molecule has 2 rings (SSSR count). The minimum Gasteiger partial charge on any atom is -0.368 e. The summed E-state index contributed by atoms with van der Waals surface area (Å²) in [5.74, 6) is 1.60. The van der Waals surface area contributed by atoms with Gasteiger partial charge in [-0.1, -0.05) is 0 Å². The number of anilines is 1.